The summed E-state index contributed by atoms with van der Waals surface area (Å²) < 4.78 is 5.10. The van der Waals surface area contributed by atoms with Crippen LogP contribution in [0.15, 0.2) is 18.5 Å². The van der Waals surface area contributed by atoms with Crippen molar-refractivity contribution in [1.29, 1.82) is 0 Å². The Morgan fingerprint density at radius 1 is 1.47 bits per heavy atom. The van der Waals surface area contributed by atoms with E-state index in [1.165, 1.54) is 13.3 Å². The first-order valence-electron chi connectivity index (χ1n) is 6.63. The zero-order valence-corrected chi connectivity index (χ0v) is 11.2. The van der Waals surface area contributed by atoms with Crippen molar-refractivity contribution in [1.82, 2.24) is 10.3 Å². The molecule has 0 aromatic carbocycles. The highest BCUT2D eigenvalue weighted by molar-refractivity contribution is 5.96. The maximum Gasteiger partial charge on any atom is 0.255 e. The minimum atomic E-state index is -0.756. The van der Waals surface area contributed by atoms with Gasteiger partial charge in [0.1, 0.15) is 5.75 Å². The van der Waals surface area contributed by atoms with Crippen LogP contribution in [-0.4, -0.2) is 35.3 Å². The third kappa shape index (κ3) is 3.44. The Kier molecular flexibility index (Phi) is 4.37. The molecule has 1 amide bonds. The lowest BCUT2D eigenvalue weighted by Gasteiger charge is -2.32. The number of carbonyl (C=O) groups excluding carboxylic acids is 1. The quantitative estimate of drug-likeness (QED) is 0.865. The lowest BCUT2D eigenvalue weighted by Crippen LogP contribution is -2.44. The monoisotopic (exact) mass is 264 g/mol. The second-order valence-corrected chi connectivity index (χ2v) is 5.04. The Bertz CT molecular complexity index is 442. The summed E-state index contributed by atoms with van der Waals surface area (Å²) in [6.07, 6.45) is 7.75. The minimum absolute atomic E-state index is 0.238. The number of aromatic nitrogens is 1. The van der Waals surface area contributed by atoms with E-state index < -0.39 is 5.60 Å². The third-order valence-electron chi connectivity index (χ3n) is 3.61. The number of pyridine rings is 1. The van der Waals surface area contributed by atoms with Crippen molar-refractivity contribution >= 4 is 5.91 Å². The first kappa shape index (κ1) is 13.8. The molecule has 0 unspecified atom stereocenters. The molecule has 0 saturated heterocycles. The van der Waals surface area contributed by atoms with Crippen molar-refractivity contribution in [2.45, 2.75) is 37.7 Å². The lowest BCUT2D eigenvalue weighted by atomic mass is 9.85. The third-order valence-corrected chi connectivity index (χ3v) is 3.61. The van der Waals surface area contributed by atoms with Crippen LogP contribution >= 0.6 is 0 Å². The fraction of sp³-hybridized carbons (Fsp3) is 0.571. The van der Waals surface area contributed by atoms with Crippen LogP contribution < -0.4 is 10.1 Å². The van der Waals surface area contributed by atoms with Crippen LogP contribution in [0.3, 0.4) is 0 Å². The number of hydrogen-bond acceptors (Lipinski definition) is 4. The molecule has 5 nitrogen and oxygen atoms in total. The number of methoxy groups -OCH3 is 1. The van der Waals surface area contributed by atoms with E-state index in [0.29, 0.717) is 11.3 Å². The molecule has 1 aliphatic rings. The van der Waals surface area contributed by atoms with Gasteiger partial charge in [0.05, 0.1) is 24.5 Å². The molecule has 2 rings (SSSR count). The van der Waals surface area contributed by atoms with Gasteiger partial charge in [0.25, 0.3) is 5.91 Å². The summed E-state index contributed by atoms with van der Waals surface area (Å²) in [5, 5.41) is 13.1. The summed E-state index contributed by atoms with van der Waals surface area (Å²) in [5.41, 5.74) is -0.314. The highest BCUT2D eigenvalue weighted by Gasteiger charge is 2.29. The van der Waals surface area contributed by atoms with Gasteiger partial charge >= 0.3 is 0 Å². The fourth-order valence-corrected chi connectivity index (χ4v) is 2.46. The Balaban J connectivity index is 1.97. The van der Waals surface area contributed by atoms with Crippen LogP contribution in [-0.2, 0) is 0 Å². The molecule has 0 spiro atoms. The first-order chi connectivity index (χ1) is 9.14. The van der Waals surface area contributed by atoms with Crippen molar-refractivity contribution in [2.24, 2.45) is 0 Å². The Morgan fingerprint density at radius 3 is 2.89 bits per heavy atom. The summed E-state index contributed by atoms with van der Waals surface area (Å²) in [6, 6.07) is 1.61. The largest absolute Gasteiger partial charge is 0.494 e. The highest BCUT2D eigenvalue weighted by Crippen LogP contribution is 2.27. The van der Waals surface area contributed by atoms with Gasteiger partial charge in [-0.05, 0) is 18.9 Å². The maximum absolute atomic E-state index is 12.1. The number of nitrogens with one attached hydrogen (secondary N) is 1. The number of hydrogen-bond donors (Lipinski definition) is 2. The van der Waals surface area contributed by atoms with E-state index in [-0.39, 0.29) is 12.5 Å². The van der Waals surface area contributed by atoms with Gasteiger partial charge in [-0.2, -0.15) is 0 Å². The highest BCUT2D eigenvalue weighted by atomic mass is 16.5. The second kappa shape index (κ2) is 6.02. The van der Waals surface area contributed by atoms with Gasteiger partial charge in [-0.25, -0.2) is 0 Å². The van der Waals surface area contributed by atoms with Crippen LogP contribution in [0.4, 0.5) is 0 Å². The molecule has 1 fully saturated rings. The summed E-state index contributed by atoms with van der Waals surface area (Å²) in [7, 11) is 1.50. The molecule has 19 heavy (non-hydrogen) atoms. The van der Waals surface area contributed by atoms with Gasteiger partial charge in [0.15, 0.2) is 0 Å². The molecule has 1 aromatic rings. The number of rotatable bonds is 4. The predicted molar refractivity (Wildman–Crippen MR) is 71.2 cm³/mol. The summed E-state index contributed by atoms with van der Waals surface area (Å²) in [6.45, 7) is 0.289. The average Bonchev–Trinajstić information content (AvgIpc) is 2.45. The minimum Gasteiger partial charge on any atom is -0.494 e. The molecule has 1 aliphatic carbocycles. The van der Waals surface area contributed by atoms with E-state index in [2.05, 4.69) is 10.3 Å². The van der Waals surface area contributed by atoms with Crippen molar-refractivity contribution in [3.8, 4) is 5.75 Å². The van der Waals surface area contributed by atoms with Crippen LogP contribution in [0.2, 0.25) is 0 Å². The van der Waals surface area contributed by atoms with E-state index in [1.807, 2.05) is 0 Å². The topological polar surface area (TPSA) is 71.5 Å². The Morgan fingerprint density at radius 2 is 2.21 bits per heavy atom. The van der Waals surface area contributed by atoms with Crippen LogP contribution in [0.5, 0.6) is 5.75 Å². The lowest BCUT2D eigenvalue weighted by molar-refractivity contribution is 0.00523. The molecule has 1 aromatic heterocycles. The van der Waals surface area contributed by atoms with Crippen LogP contribution in [0, 0.1) is 0 Å². The molecule has 0 bridgehead atoms. The van der Waals surface area contributed by atoms with Crippen LogP contribution in [0.1, 0.15) is 42.5 Å². The smallest absolute Gasteiger partial charge is 0.255 e. The van der Waals surface area contributed by atoms with Crippen molar-refractivity contribution in [3.05, 3.63) is 24.0 Å². The Labute approximate surface area is 113 Å². The van der Waals surface area contributed by atoms with Gasteiger partial charge < -0.3 is 15.2 Å². The number of nitrogens with zero attached hydrogens (tertiary/aromatic N) is 1. The van der Waals surface area contributed by atoms with Gasteiger partial charge in [-0.1, -0.05) is 19.3 Å². The number of ether oxygens (including phenoxy) is 1. The molecule has 0 atom stereocenters. The van der Waals surface area contributed by atoms with E-state index in [9.17, 15) is 9.90 Å². The van der Waals surface area contributed by atoms with Crippen molar-refractivity contribution < 1.29 is 14.6 Å². The molecular weight excluding hydrogens is 244 g/mol. The van der Waals surface area contributed by atoms with Crippen LogP contribution in [0.25, 0.3) is 0 Å². The van der Waals surface area contributed by atoms with Gasteiger partial charge in [-0.15, -0.1) is 0 Å². The number of aliphatic hydroxyl groups is 1. The molecule has 1 saturated carbocycles. The molecular formula is C14H20N2O3. The molecule has 0 radical (unpaired) electrons. The summed E-state index contributed by atoms with van der Waals surface area (Å²) in [5.74, 6) is 0.203. The van der Waals surface area contributed by atoms with Gasteiger partial charge in [-0.3, -0.25) is 9.78 Å². The zero-order valence-electron chi connectivity index (χ0n) is 11.2. The average molecular weight is 264 g/mol. The second-order valence-electron chi connectivity index (χ2n) is 5.04. The fourth-order valence-electron chi connectivity index (χ4n) is 2.46. The Hall–Kier alpha value is -1.62. The predicted octanol–water partition coefficient (Wildman–Crippen LogP) is 1.52. The zero-order chi connectivity index (χ0) is 13.7. The molecule has 2 N–H and O–H groups in total. The standard InChI is InChI=1S/C14H20N2O3/c1-19-12-9-15-8-5-11(12)13(17)16-10-14(18)6-3-2-4-7-14/h5,8-9,18H,2-4,6-7,10H2,1H3,(H,16,17). The first-order valence-corrected chi connectivity index (χ1v) is 6.63. The van der Waals surface area contributed by atoms with Crippen molar-refractivity contribution in [3.63, 3.8) is 0 Å². The van der Waals surface area contributed by atoms with E-state index in [4.69, 9.17) is 4.74 Å². The normalized spacial score (nSPS) is 17.8. The van der Waals surface area contributed by atoms with Gasteiger partial charge in [0, 0.05) is 12.7 Å². The van der Waals surface area contributed by atoms with Gasteiger partial charge in [0.2, 0.25) is 0 Å². The molecule has 0 aliphatic heterocycles. The number of carbonyl (C=O) groups is 1. The number of amides is 1. The molecule has 104 valence electrons. The summed E-state index contributed by atoms with van der Waals surface area (Å²) >= 11 is 0. The molecule has 5 heteroatoms. The van der Waals surface area contributed by atoms with E-state index >= 15 is 0 Å². The maximum atomic E-state index is 12.1. The summed E-state index contributed by atoms with van der Waals surface area (Å²) in [4.78, 5) is 16.0. The van der Waals surface area contributed by atoms with Crippen molar-refractivity contribution in [2.75, 3.05) is 13.7 Å². The molecule has 1 heterocycles. The SMILES string of the molecule is COc1cnccc1C(=O)NCC1(O)CCCCC1. The van der Waals surface area contributed by atoms with E-state index in [0.717, 1.165) is 32.1 Å². The van der Waals surface area contributed by atoms with E-state index in [1.54, 1.807) is 12.3 Å².